The minimum absolute atomic E-state index is 0.132. The summed E-state index contributed by atoms with van der Waals surface area (Å²) in [5, 5.41) is 21.4. The van der Waals surface area contributed by atoms with E-state index in [1.165, 1.54) is 22.5 Å². The van der Waals surface area contributed by atoms with Crippen LogP contribution in [0.15, 0.2) is 29.4 Å². The molecule has 1 N–H and O–H groups in total. The first-order chi connectivity index (χ1) is 9.66. The van der Waals surface area contributed by atoms with Gasteiger partial charge in [-0.2, -0.15) is 0 Å². The molecule has 0 saturated heterocycles. The summed E-state index contributed by atoms with van der Waals surface area (Å²) in [6.45, 7) is 0.270. The molecule has 0 amide bonds. The maximum absolute atomic E-state index is 13.3. The molecule has 108 valence electrons. The third kappa shape index (κ3) is 4.26. The van der Waals surface area contributed by atoms with E-state index in [2.05, 4.69) is 15.5 Å². The number of halogens is 1. The molecule has 1 heterocycles. The van der Waals surface area contributed by atoms with Crippen LogP contribution in [0.4, 0.5) is 4.39 Å². The van der Waals surface area contributed by atoms with Crippen molar-refractivity contribution in [3.05, 3.63) is 35.6 Å². The normalized spacial score (nSPS) is 12.6. The van der Waals surface area contributed by atoms with E-state index in [0.717, 1.165) is 0 Å². The number of hydrogen-bond acceptors (Lipinski definition) is 6. The molecule has 0 aliphatic carbocycles. The number of aromatic nitrogens is 4. The number of nitrogens with zero attached hydrogens (tertiary/aromatic N) is 4. The van der Waals surface area contributed by atoms with Gasteiger partial charge in [0, 0.05) is 18.4 Å². The van der Waals surface area contributed by atoms with E-state index in [4.69, 9.17) is 4.74 Å². The number of hydrogen-bond donors (Lipinski definition) is 1. The van der Waals surface area contributed by atoms with Crippen LogP contribution in [0.3, 0.4) is 0 Å². The van der Waals surface area contributed by atoms with Gasteiger partial charge < -0.3 is 9.84 Å². The van der Waals surface area contributed by atoms with E-state index in [1.54, 1.807) is 25.2 Å². The van der Waals surface area contributed by atoms with Crippen LogP contribution in [-0.2, 0) is 18.4 Å². The van der Waals surface area contributed by atoms with Crippen molar-refractivity contribution in [2.45, 2.75) is 17.9 Å². The maximum Gasteiger partial charge on any atom is 0.209 e. The van der Waals surface area contributed by atoms with Crippen molar-refractivity contribution in [2.75, 3.05) is 12.4 Å². The summed E-state index contributed by atoms with van der Waals surface area (Å²) in [4.78, 5) is 0. The minimum atomic E-state index is -0.663. The van der Waals surface area contributed by atoms with Crippen molar-refractivity contribution in [1.29, 1.82) is 0 Å². The molecule has 6 nitrogen and oxygen atoms in total. The molecular weight excluding hydrogens is 283 g/mol. The lowest BCUT2D eigenvalue weighted by Gasteiger charge is -2.10. The van der Waals surface area contributed by atoms with Crippen LogP contribution >= 0.6 is 11.8 Å². The first-order valence-electron chi connectivity index (χ1n) is 6.01. The van der Waals surface area contributed by atoms with E-state index in [1.807, 2.05) is 0 Å². The highest BCUT2D eigenvalue weighted by atomic mass is 32.2. The molecular formula is C12H15FN4O2S. The molecule has 0 saturated carbocycles. The first kappa shape index (κ1) is 14.9. The van der Waals surface area contributed by atoms with Gasteiger partial charge in [0.1, 0.15) is 5.82 Å². The van der Waals surface area contributed by atoms with Crippen molar-refractivity contribution in [1.82, 2.24) is 20.2 Å². The van der Waals surface area contributed by atoms with Crippen LogP contribution in [0.2, 0.25) is 0 Å². The molecule has 20 heavy (non-hydrogen) atoms. The number of tetrazole rings is 1. The largest absolute Gasteiger partial charge is 0.390 e. The van der Waals surface area contributed by atoms with Gasteiger partial charge in [0.25, 0.3) is 0 Å². The van der Waals surface area contributed by atoms with E-state index >= 15 is 0 Å². The summed E-state index contributed by atoms with van der Waals surface area (Å²) >= 11 is 1.33. The lowest BCUT2D eigenvalue weighted by atomic mass is 10.2. The van der Waals surface area contributed by atoms with E-state index in [9.17, 15) is 9.50 Å². The summed E-state index contributed by atoms with van der Waals surface area (Å²) in [7, 11) is 1.73. The van der Waals surface area contributed by atoms with Crippen molar-refractivity contribution in [3.8, 4) is 0 Å². The highest BCUT2D eigenvalue weighted by Gasteiger charge is 2.10. The van der Waals surface area contributed by atoms with Crippen LogP contribution < -0.4 is 0 Å². The molecule has 0 fully saturated rings. The van der Waals surface area contributed by atoms with E-state index in [0.29, 0.717) is 16.5 Å². The Bertz CT molecular complexity index is 552. The number of benzene rings is 1. The quantitative estimate of drug-likeness (QED) is 0.769. The van der Waals surface area contributed by atoms with Crippen molar-refractivity contribution < 1.29 is 14.2 Å². The number of ether oxygens (including phenoxy) is 1. The Kier molecular flexibility index (Phi) is 5.45. The van der Waals surface area contributed by atoms with Crippen LogP contribution in [0.25, 0.3) is 0 Å². The van der Waals surface area contributed by atoms with Crippen LogP contribution in [-0.4, -0.2) is 43.8 Å². The first-order valence-corrected chi connectivity index (χ1v) is 6.99. The maximum atomic E-state index is 13.3. The van der Waals surface area contributed by atoms with Crippen LogP contribution in [0.5, 0.6) is 0 Å². The molecule has 8 heteroatoms. The SMILES string of the molecule is Cn1nnnc1SCC(O)COCc1ccccc1F. The minimum Gasteiger partial charge on any atom is -0.390 e. The van der Waals surface area contributed by atoms with Gasteiger partial charge in [-0.25, -0.2) is 9.07 Å². The number of thioether (sulfide) groups is 1. The molecule has 0 radical (unpaired) electrons. The molecule has 1 aromatic heterocycles. The molecule has 0 aliphatic rings. The van der Waals surface area contributed by atoms with E-state index in [-0.39, 0.29) is 19.0 Å². The summed E-state index contributed by atoms with van der Waals surface area (Å²) in [6.07, 6.45) is -0.663. The monoisotopic (exact) mass is 298 g/mol. The fourth-order valence-corrected chi connectivity index (χ4v) is 2.24. The average molecular weight is 298 g/mol. The summed E-state index contributed by atoms with van der Waals surface area (Å²) in [5.41, 5.74) is 0.477. The van der Waals surface area contributed by atoms with Crippen molar-refractivity contribution in [2.24, 2.45) is 7.05 Å². The fraction of sp³-hybridized carbons (Fsp3) is 0.417. The van der Waals surface area contributed by atoms with Gasteiger partial charge in [0.2, 0.25) is 5.16 Å². The smallest absolute Gasteiger partial charge is 0.209 e. The second kappa shape index (κ2) is 7.32. The second-order valence-electron chi connectivity index (χ2n) is 4.16. The lowest BCUT2D eigenvalue weighted by molar-refractivity contribution is 0.0386. The zero-order chi connectivity index (χ0) is 14.4. The van der Waals surface area contributed by atoms with Crippen LogP contribution in [0, 0.1) is 5.82 Å². The van der Waals surface area contributed by atoms with Gasteiger partial charge in [0.05, 0.1) is 19.3 Å². The molecule has 0 bridgehead atoms. The predicted molar refractivity (Wildman–Crippen MR) is 71.6 cm³/mol. The highest BCUT2D eigenvalue weighted by Crippen LogP contribution is 2.14. The Labute approximate surface area is 119 Å². The third-order valence-corrected chi connectivity index (χ3v) is 3.67. The van der Waals surface area contributed by atoms with Crippen LogP contribution in [0.1, 0.15) is 5.56 Å². The molecule has 2 aromatic rings. The average Bonchev–Trinajstić information content (AvgIpc) is 2.84. The fourth-order valence-electron chi connectivity index (χ4n) is 1.48. The summed E-state index contributed by atoms with van der Waals surface area (Å²) in [5.74, 6) is 0.104. The second-order valence-corrected chi connectivity index (χ2v) is 5.14. The van der Waals surface area contributed by atoms with Gasteiger partial charge in [-0.05, 0) is 16.5 Å². The Morgan fingerprint density at radius 3 is 2.95 bits per heavy atom. The number of rotatable bonds is 7. The zero-order valence-electron chi connectivity index (χ0n) is 10.9. The Morgan fingerprint density at radius 2 is 2.25 bits per heavy atom. The molecule has 1 unspecified atom stereocenters. The molecule has 1 aromatic carbocycles. The standard InChI is InChI=1S/C12H15FN4O2S/c1-17-12(14-15-16-17)20-8-10(18)7-19-6-9-4-2-3-5-11(9)13/h2-5,10,18H,6-8H2,1H3. The van der Waals surface area contributed by atoms with E-state index < -0.39 is 6.10 Å². The number of aryl methyl sites for hydroxylation is 1. The zero-order valence-corrected chi connectivity index (χ0v) is 11.8. The Balaban J connectivity index is 1.69. The van der Waals surface area contributed by atoms with Gasteiger partial charge in [-0.1, -0.05) is 30.0 Å². The summed E-state index contributed by atoms with van der Waals surface area (Å²) < 4.78 is 20.1. The number of aliphatic hydroxyl groups is 1. The predicted octanol–water partition coefficient (Wildman–Crippen LogP) is 1.02. The highest BCUT2D eigenvalue weighted by molar-refractivity contribution is 7.99. The lowest BCUT2D eigenvalue weighted by Crippen LogP contribution is -2.18. The molecule has 2 rings (SSSR count). The van der Waals surface area contributed by atoms with Crippen molar-refractivity contribution in [3.63, 3.8) is 0 Å². The Hall–Kier alpha value is -1.51. The third-order valence-electron chi connectivity index (χ3n) is 2.51. The van der Waals surface area contributed by atoms with Gasteiger partial charge >= 0.3 is 0 Å². The molecule has 0 aliphatic heterocycles. The topological polar surface area (TPSA) is 73.1 Å². The van der Waals surface area contributed by atoms with Gasteiger partial charge in [0.15, 0.2) is 0 Å². The molecule has 0 spiro atoms. The van der Waals surface area contributed by atoms with Crippen molar-refractivity contribution >= 4 is 11.8 Å². The van der Waals surface area contributed by atoms with Gasteiger partial charge in [-0.3, -0.25) is 0 Å². The Morgan fingerprint density at radius 1 is 1.45 bits per heavy atom. The number of aliphatic hydroxyl groups excluding tert-OH is 1. The molecule has 1 atom stereocenters. The summed E-state index contributed by atoms with van der Waals surface area (Å²) in [6, 6.07) is 6.40. The van der Waals surface area contributed by atoms with Gasteiger partial charge in [-0.15, -0.1) is 5.10 Å².